The smallest absolute Gasteiger partial charge is 0.139 e. The number of aliphatic hydroxyl groups excluding tert-OH is 5. The zero-order valence-electron chi connectivity index (χ0n) is 8.58. The van der Waals surface area contributed by atoms with Gasteiger partial charge in [-0.25, -0.2) is 0 Å². The molecule has 0 saturated heterocycles. The van der Waals surface area contributed by atoms with Crippen molar-refractivity contribution in [3.05, 3.63) is 0 Å². The van der Waals surface area contributed by atoms with Crippen LogP contribution >= 0.6 is 0 Å². The molecule has 0 fully saturated rings. The number of hydrogen-bond donors (Lipinski definition) is 6. The average Bonchev–Trinajstić information content (AvgIpc) is 2.24. The predicted molar refractivity (Wildman–Crippen MR) is 52.1 cm³/mol. The molecule has 0 aliphatic carbocycles. The summed E-state index contributed by atoms with van der Waals surface area (Å²) in [5.74, 6) is 0. The number of aliphatic hydroxyl groups is 6. The minimum absolute atomic E-state index is 0.0655. The van der Waals surface area contributed by atoms with Crippen molar-refractivity contribution >= 4 is 0 Å². The lowest BCUT2D eigenvalue weighted by atomic mass is 9.87. The van der Waals surface area contributed by atoms with E-state index in [0.29, 0.717) is 0 Å². The molecule has 0 aromatic carbocycles. The Balaban J connectivity index is 4.38. The van der Waals surface area contributed by atoms with E-state index in [4.69, 9.17) is 15.3 Å². The Morgan fingerprint density at radius 3 is 1.80 bits per heavy atom. The molecule has 6 heteroatoms. The highest BCUT2D eigenvalue weighted by Gasteiger charge is 2.41. The van der Waals surface area contributed by atoms with Crippen LogP contribution in [0.1, 0.15) is 19.3 Å². The second-order valence-electron chi connectivity index (χ2n) is 3.56. The van der Waals surface area contributed by atoms with Crippen LogP contribution < -0.4 is 0 Å². The zero-order valence-corrected chi connectivity index (χ0v) is 8.58. The normalized spacial score (nSPS) is 19.6. The summed E-state index contributed by atoms with van der Waals surface area (Å²) >= 11 is 0. The van der Waals surface area contributed by atoms with Crippen LogP contribution in [0, 0.1) is 0 Å². The van der Waals surface area contributed by atoms with E-state index in [9.17, 15) is 15.3 Å². The van der Waals surface area contributed by atoms with E-state index in [1.54, 1.807) is 0 Å². The van der Waals surface area contributed by atoms with Gasteiger partial charge in [-0.2, -0.15) is 0 Å². The summed E-state index contributed by atoms with van der Waals surface area (Å²) in [5.41, 5.74) is -2.04. The van der Waals surface area contributed by atoms with Gasteiger partial charge >= 0.3 is 0 Å². The van der Waals surface area contributed by atoms with E-state index in [2.05, 4.69) is 0 Å². The molecule has 3 atom stereocenters. The molecule has 0 spiro atoms. The lowest BCUT2D eigenvalue weighted by Crippen LogP contribution is -2.55. The van der Waals surface area contributed by atoms with Crippen LogP contribution in [0.4, 0.5) is 0 Å². The largest absolute Gasteiger partial charge is 0.396 e. The molecule has 6 N–H and O–H groups in total. The van der Waals surface area contributed by atoms with Gasteiger partial charge < -0.3 is 30.6 Å². The highest BCUT2D eigenvalue weighted by molar-refractivity contribution is 4.92. The van der Waals surface area contributed by atoms with Crippen LogP contribution in [0.2, 0.25) is 0 Å². The van der Waals surface area contributed by atoms with Crippen molar-refractivity contribution in [2.24, 2.45) is 0 Å². The van der Waals surface area contributed by atoms with E-state index in [1.807, 2.05) is 0 Å². The van der Waals surface area contributed by atoms with Crippen LogP contribution in [0.15, 0.2) is 0 Å². The van der Waals surface area contributed by atoms with Gasteiger partial charge in [0, 0.05) is 13.2 Å². The molecule has 0 aromatic rings. The minimum atomic E-state index is -2.04. The van der Waals surface area contributed by atoms with Gasteiger partial charge in [0.2, 0.25) is 0 Å². The standard InChI is InChI=1S/C9H20O6/c10-4-1-2-7(13)9(15,6-12)8(14)3-5-11/h7-8,10-15H,1-6H2. The Morgan fingerprint density at radius 1 is 0.867 bits per heavy atom. The molecule has 0 amide bonds. The Hall–Kier alpha value is -0.240. The third-order valence-electron chi connectivity index (χ3n) is 2.45. The fraction of sp³-hybridized carbons (Fsp3) is 1.00. The highest BCUT2D eigenvalue weighted by Crippen LogP contribution is 2.21. The van der Waals surface area contributed by atoms with Gasteiger partial charge in [-0.1, -0.05) is 0 Å². The molecule has 6 nitrogen and oxygen atoms in total. The molecule has 0 aromatic heterocycles. The monoisotopic (exact) mass is 224 g/mol. The molecular weight excluding hydrogens is 204 g/mol. The van der Waals surface area contributed by atoms with Crippen molar-refractivity contribution in [2.45, 2.75) is 37.1 Å². The SMILES string of the molecule is OCCCC(O)C(O)(CO)C(O)CCO. The van der Waals surface area contributed by atoms with Crippen LogP contribution in [-0.2, 0) is 0 Å². The van der Waals surface area contributed by atoms with Gasteiger partial charge in [0.25, 0.3) is 0 Å². The highest BCUT2D eigenvalue weighted by atomic mass is 16.4. The summed E-state index contributed by atoms with van der Waals surface area (Å²) in [7, 11) is 0. The first kappa shape index (κ1) is 14.8. The molecule has 15 heavy (non-hydrogen) atoms. The van der Waals surface area contributed by atoms with Crippen molar-refractivity contribution in [3.63, 3.8) is 0 Å². The van der Waals surface area contributed by atoms with Gasteiger partial charge in [-0.3, -0.25) is 0 Å². The van der Waals surface area contributed by atoms with Crippen LogP contribution in [0.3, 0.4) is 0 Å². The fourth-order valence-corrected chi connectivity index (χ4v) is 1.34. The zero-order chi connectivity index (χ0) is 11.9. The van der Waals surface area contributed by atoms with Crippen LogP contribution in [-0.4, -0.2) is 68.3 Å². The third-order valence-corrected chi connectivity index (χ3v) is 2.45. The first-order valence-corrected chi connectivity index (χ1v) is 4.94. The summed E-state index contributed by atoms with van der Waals surface area (Å²) in [6, 6.07) is 0. The quantitative estimate of drug-likeness (QED) is 0.273. The summed E-state index contributed by atoms with van der Waals surface area (Å²) in [5, 5.41) is 54.8. The second-order valence-corrected chi connectivity index (χ2v) is 3.56. The fourth-order valence-electron chi connectivity index (χ4n) is 1.34. The molecule has 0 aliphatic heterocycles. The molecular formula is C9H20O6. The summed E-state index contributed by atoms with van der Waals surface area (Å²) in [6.45, 7) is -1.30. The molecule has 92 valence electrons. The van der Waals surface area contributed by atoms with E-state index >= 15 is 0 Å². The molecule has 0 saturated carbocycles. The van der Waals surface area contributed by atoms with E-state index in [1.165, 1.54) is 0 Å². The van der Waals surface area contributed by atoms with Crippen molar-refractivity contribution in [1.29, 1.82) is 0 Å². The molecule has 0 bridgehead atoms. The number of rotatable bonds is 8. The van der Waals surface area contributed by atoms with Crippen molar-refractivity contribution < 1.29 is 30.6 Å². The Morgan fingerprint density at radius 2 is 1.40 bits per heavy atom. The summed E-state index contributed by atoms with van der Waals surface area (Å²) in [4.78, 5) is 0. The van der Waals surface area contributed by atoms with Crippen LogP contribution in [0.5, 0.6) is 0 Å². The van der Waals surface area contributed by atoms with Crippen LogP contribution in [0.25, 0.3) is 0 Å². The van der Waals surface area contributed by atoms with Gasteiger partial charge in [-0.05, 0) is 19.3 Å². The minimum Gasteiger partial charge on any atom is -0.396 e. The summed E-state index contributed by atoms with van der Waals surface area (Å²) in [6.07, 6.45) is -2.55. The molecule has 0 radical (unpaired) electrons. The maximum absolute atomic E-state index is 9.77. The molecule has 0 aliphatic rings. The first-order valence-electron chi connectivity index (χ1n) is 4.94. The van der Waals surface area contributed by atoms with Gasteiger partial charge in [-0.15, -0.1) is 0 Å². The lowest BCUT2D eigenvalue weighted by molar-refractivity contribution is -0.173. The topological polar surface area (TPSA) is 121 Å². The van der Waals surface area contributed by atoms with Crippen molar-refractivity contribution in [3.8, 4) is 0 Å². The third kappa shape index (κ3) is 4.02. The van der Waals surface area contributed by atoms with E-state index in [-0.39, 0.29) is 32.5 Å². The Kier molecular flexibility index (Phi) is 6.99. The van der Waals surface area contributed by atoms with Gasteiger partial charge in [0.15, 0.2) is 0 Å². The second kappa shape index (κ2) is 7.10. The molecule has 0 rings (SSSR count). The molecule has 0 heterocycles. The van der Waals surface area contributed by atoms with E-state index < -0.39 is 24.4 Å². The van der Waals surface area contributed by atoms with E-state index in [0.717, 1.165) is 0 Å². The summed E-state index contributed by atoms with van der Waals surface area (Å²) < 4.78 is 0. The van der Waals surface area contributed by atoms with Crippen molar-refractivity contribution in [2.75, 3.05) is 19.8 Å². The van der Waals surface area contributed by atoms with Gasteiger partial charge in [0.05, 0.1) is 18.8 Å². The van der Waals surface area contributed by atoms with Crippen molar-refractivity contribution in [1.82, 2.24) is 0 Å². The predicted octanol–water partition coefficient (Wildman–Crippen LogP) is -2.41. The van der Waals surface area contributed by atoms with Gasteiger partial charge in [0.1, 0.15) is 5.60 Å². The maximum atomic E-state index is 9.77. The average molecular weight is 224 g/mol. The maximum Gasteiger partial charge on any atom is 0.139 e. The molecule has 3 unspecified atom stereocenters. The Bertz CT molecular complexity index is 165. The Labute approximate surface area is 88.4 Å². The first-order chi connectivity index (χ1) is 7.02. The number of hydrogen-bond acceptors (Lipinski definition) is 6. The lowest BCUT2D eigenvalue weighted by Gasteiger charge is -2.35.